The first-order chi connectivity index (χ1) is 19.9. The lowest BCUT2D eigenvalue weighted by Crippen LogP contribution is -2.49. The molecule has 2 bridgehead atoms. The van der Waals surface area contributed by atoms with Gasteiger partial charge < -0.3 is 27.7 Å². The van der Waals surface area contributed by atoms with Crippen LogP contribution in [0.15, 0.2) is 52.9 Å². The molecule has 220 valence electrons. The summed E-state index contributed by atoms with van der Waals surface area (Å²) in [4.78, 5) is 15.6. The number of fused-ring (bicyclic) bond motifs is 4. The third-order valence-corrected chi connectivity index (χ3v) is 10.7. The molecule has 41 heavy (non-hydrogen) atoms. The third kappa shape index (κ3) is 5.81. The van der Waals surface area contributed by atoms with Crippen molar-refractivity contribution in [1.29, 1.82) is 0 Å². The Kier molecular flexibility index (Phi) is 8.46. The SMILES string of the molecule is CO[C@H]1/C=C/[C@H](OC)CC[S-](=O)=NC(=O)c2ccc3c(c2)N(C[C@@H]2CC[C@H]21)C[C@@]1(CCCc2cc(Cl)ccc21)CO3. The molecule has 0 unspecified atom stereocenters. The molecule has 2 aromatic carbocycles. The van der Waals surface area contributed by atoms with Gasteiger partial charge in [0.15, 0.2) is 0 Å². The molecule has 1 fully saturated rings. The first-order valence-corrected chi connectivity index (χ1v) is 16.2. The van der Waals surface area contributed by atoms with Gasteiger partial charge in [0.2, 0.25) is 0 Å². The van der Waals surface area contributed by atoms with Crippen molar-refractivity contribution in [3.05, 3.63) is 70.3 Å². The summed E-state index contributed by atoms with van der Waals surface area (Å²) < 4.78 is 34.9. The summed E-state index contributed by atoms with van der Waals surface area (Å²) in [5, 5.41) is 0.764. The summed E-state index contributed by atoms with van der Waals surface area (Å²) in [6.45, 7) is 2.16. The molecular formula is C32H38ClN2O5S-. The maximum atomic E-state index is 13.1. The Bertz CT molecular complexity index is 1420. The molecule has 0 radical (unpaired) electrons. The van der Waals surface area contributed by atoms with Gasteiger partial charge in [-0.15, -0.1) is 0 Å². The number of nitrogens with zero attached hydrogens (tertiary/aromatic N) is 2. The Morgan fingerprint density at radius 1 is 1.10 bits per heavy atom. The molecule has 7 nitrogen and oxygen atoms in total. The van der Waals surface area contributed by atoms with Crippen molar-refractivity contribution < 1.29 is 23.2 Å². The number of aryl methyl sites for hydroxylation is 1. The first-order valence-electron chi connectivity index (χ1n) is 14.6. The van der Waals surface area contributed by atoms with Gasteiger partial charge in [0.25, 0.3) is 5.91 Å². The third-order valence-electron chi connectivity index (χ3n) is 9.49. The highest BCUT2D eigenvalue weighted by atomic mass is 35.5. The van der Waals surface area contributed by atoms with E-state index in [0.717, 1.165) is 61.7 Å². The van der Waals surface area contributed by atoms with E-state index in [-0.39, 0.29) is 23.4 Å². The molecule has 6 rings (SSSR count). The molecule has 5 atom stereocenters. The summed E-state index contributed by atoms with van der Waals surface area (Å²) in [6, 6.07) is 11.8. The van der Waals surface area contributed by atoms with Crippen molar-refractivity contribution in [2.24, 2.45) is 16.2 Å². The van der Waals surface area contributed by atoms with Crippen LogP contribution < -0.4 is 9.64 Å². The van der Waals surface area contributed by atoms with E-state index < -0.39 is 16.5 Å². The second-order valence-corrected chi connectivity index (χ2v) is 13.5. The summed E-state index contributed by atoms with van der Waals surface area (Å²) in [5.41, 5.74) is 3.73. The van der Waals surface area contributed by atoms with Crippen LogP contribution >= 0.6 is 11.6 Å². The molecule has 1 amide bonds. The van der Waals surface area contributed by atoms with E-state index in [1.165, 1.54) is 11.1 Å². The number of benzene rings is 2. The zero-order valence-electron chi connectivity index (χ0n) is 23.7. The molecule has 1 saturated carbocycles. The van der Waals surface area contributed by atoms with Gasteiger partial charge in [0, 0.05) is 43.3 Å². The lowest BCUT2D eigenvalue weighted by atomic mass is 9.68. The van der Waals surface area contributed by atoms with Crippen LogP contribution in [0.25, 0.3) is 0 Å². The van der Waals surface area contributed by atoms with Crippen LogP contribution in [0.5, 0.6) is 5.75 Å². The van der Waals surface area contributed by atoms with Gasteiger partial charge in [-0.05, 0) is 91.8 Å². The number of halogens is 1. The number of hydrogen-bond acceptors (Lipinski definition) is 7. The zero-order chi connectivity index (χ0) is 28.6. The summed E-state index contributed by atoms with van der Waals surface area (Å²) in [6.07, 6.45) is 9.66. The van der Waals surface area contributed by atoms with Crippen molar-refractivity contribution in [3.8, 4) is 5.75 Å². The molecule has 0 saturated heterocycles. The number of rotatable bonds is 2. The molecular weight excluding hydrogens is 560 g/mol. The number of carbonyl (C=O) groups excluding carboxylic acids is 1. The molecule has 0 N–H and O–H groups in total. The minimum Gasteiger partial charge on any atom is -0.490 e. The average Bonchev–Trinajstić information content (AvgIpc) is 3.10. The monoisotopic (exact) mass is 597 g/mol. The van der Waals surface area contributed by atoms with Crippen molar-refractivity contribution >= 4 is 33.8 Å². The second kappa shape index (κ2) is 12.1. The number of carbonyl (C=O) groups is 1. The highest BCUT2D eigenvalue weighted by Gasteiger charge is 2.44. The van der Waals surface area contributed by atoms with Gasteiger partial charge in [0.05, 0.1) is 24.5 Å². The zero-order valence-corrected chi connectivity index (χ0v) is 25.3. The van der Waals surface area contributed by atoms with Crippen molar-refractivity contribution in [2.45, 2.75) is 56.1 Å². The Morgan fingerprint density at radius 3 is 2.76 bits per heavy atom. The molecule has 2 aromatic rings. The Hall–Kier alpha value is -2.39. The fourth-order valence-electron chi connectivity index (χ4n) is 7.11. The van der Waals surface area contributed by atoms with E-state index in [2.05, 4.69) is 27.5 Å². The Morgan fingerprint density at radius 2 is 1.98 bits per heavy atom. The van der Waals surface area contributed by atoms with Crippen LogP contribution in [-0.2, 0) is 36.1 Å². The normalized spacial score (nSPS) is 31.2. The summed E-state index contributed by atoms with van der Waals surface area (Å²) >= 11 is 6.40. The van der Waals surface area contributed by atoms with Gasteiger partial charge in [-0.25, -0.2) is 0 Å². The smallest absolute Gasteiger partial charge is 0.254 e. The molecule has 2 aliphatic carbocycles. The largest absolute Gasteiger partial charge is 0.490 e. The average molecular weight is 598 g/mol. The fourth-order valence-corrected chi connectivity index (χ4v) is 8.12. The topological polar surface area (TPSA) is 77.4 Å². The lowest BCUT2D eigenvalue weighted by Gasteiger charge is -2.46. The number of hydrogen-bond donors (Lipinski definition) is 0. The maximum Gasteiger partial charge on any atom is 0.254 e. The van der Waals surface area contributed by atoms with Crippen LogP contribution in [0.4, 0.5) is 5.69 Å². The number of amides is 1. The summed E-state index contributed by atoms with van der Waals surface area (Å²) in [7, 11) is 1.76. The Labute approximate surface area is 249 Å². The minimum atomic E-state index is -1.65. The molecule has 2 aliphatic heterocycles. The molecule has 1 spiro atoms. The highest BCUT2D eigenvalue weighted by molar-refractivity contribution is 7.75. The molecule has 9 heteroatoms. The van der Waals surface area contributed by atoms with Gasteiger partial charge in [0.1, 0.15) is 5.75 Å². The van der Waals surface area contributed by atoms with E-state index >= 15 is 0 Å². The highest BCUT2D eigenvalue weighted by Crippen LogP contribution is 2.47. The van der Waals surface area contributed by atoms with Crippen LogP contribution in [0.1, 0.15) is 53.6 Å². The molecule has 2 heterocycles. The van der Waals surface area contributed by atoms with Gasteiger partial charge >= 0.3 is 0 Å². The van der Waals surface area contributed by atoms with Crippen molar-refractivity contribution in [1.82, 2.24) is 0 Å². The van der Waals surface area contributed by atoms with Crippen LogP contribution in [0.3, 0.4) is 0 Å². The van der Waals surface area contributed by atoms with Crippen LogP contribution in [0, 0.1) is 11.8 Å². The van der Waals surface area contributed by atoms with Crippen molar-refractivity contribution in [2.75, 3.05) is 44.6 Å². The predicted octanol–water partition coefficient (Wildman–Crippen LogP) is 6.12. The minimum absolute atomic E-state index is 0.0309. The van der Waals surface area contributed by atoms with Gasteiger partial charge in [-0.1, -0.05) is 35.6 Å². The van der Waals surface area contributed by atoms with Gasteiger partial charge in [-0.2, -0.15) is 10.6 Å². The molecule has 0 aromatic heterocycles. The first kappa shape index (κ1) is 28.7. The summed E-state index contributed by atoms with van der Waals surface area (Å²) in [5.74, 6) is 1.33. The number of methoxy groups -OCH3 is 2. The van der Waals surface area contributed by atoms with E-state index in [4.69, 9.17) is 25.8 Å². The predicted molar refractivity (Wildman–Crippen MR) is 161 cm³/mol. The number of anilines is 1. The van der Waals surface area contributed by atoms with Crippen LogP contribution in [0.2, 0.25) is 5.02 Å². The number of ether oxygens (including phenoxy) is 3. The fraction of sp³-hybridized carbons (Fsp3) is 0.531. The molecule has 4 aliphatic rings. The van der Waals surface area contributed by atoms with E-state index in [0.29, 0.717) is 30.4 Å². The lowest BCUT2D eigenvalue weighted by molar-refractivity contribution is 0.0124. The van der Waals surface area contributed by atoms with E-state index in [1.807, 2.05) is 24.3 Å². The van der Waals surface area contributed by atoms with Gasteiger partial charge in [-0.3, -0.25) is 4.79 Å². The maximum absolute atomic E-state index is 13.1. The van der Waals surface area contributed by atoms with Crippen molar-refractivity contribution in [3.63, 3.8) is 0 Å². The van der Waals surface area contributed by atoms with E-state index in [9.17, 15) is 9.00 Å². The van der Waals surface area contributed by atoms with Crippen LogP contribution in [-0.4, -0.2) is 57.8 Å². The Balaban J connectivity index is 1.42. The van der Waals surface area contributed by atoms with E-state index in [1.54, 1.807) is 20.3 Å². The second-order valence-electron chi connectivity index (χ2n) is 11.9. The quantitative estimate of drug-likeness (QED) is 0.307. The standard InChI is InChI=1S/C32H38ClN2O5S/c1-38-25-8-12-29(39-2)26-9-5-23(26)18-35-19-32(14-3-4-21-16-24(33)7-10-27(21)32)20-40-30-11-6-22(17-28(30)35)31(36)34-41(37)15-13-25/h6-8,10-12,16-17,23,25-26,29H,3-5,9,13-15,18-20H2,1-2H3/q-1/b12-8+/t23-,25-,26+,29-,32-/m0/s1.